The Labute approximate surface area is 212 Å². The number of tetrazole rings is 1. The van der Waals surface area contributed by atoms with Gasteiger partial charge in [0, 0.05) is 30.1 Å². The molecule has 0 spiro atoms. The molecule has 1 saturated carbocycles. The Morgan fingerprint density at radius 3 is 2.62 bits per heavy atom. The maximum Gasteiger partial charge on any atom is 0.573 e. The molecule has 2 bridgehead atoms. The number of rotatable bonds is 8. The van der Waals surface area contributed by atoms with Gasteiger partial charge in [0.2, 0.25) is 0 Å². The molecule has 3 fully saturated rings. The van der Waals surface area contributed by atoms with Crippen molar-refractivity contribution >= 4 is 0 Å². The molecule has 2 saturated heterocycles. The summed E-state index contributed by atoms with van der Waals surface area (Å²) >= 11 is 0. The van der Waals surface area contributed by atoms with Crippen LogP contribution >= 0.6 is 0 Å². The molecule has 196 valence electrons. The van der Waals surface area contributed by atoms with E-state index in [-0.39, 0.29) is 35.4 Å². The summed E-state index contributed by atoms with van der Waals surface area (Å²) in [5.41, 5.74) is 1.42. The zero-order valence-electron chi connectivity index (χ0n) is 20.4. The number of fused-ring (bicyclic) bond motifs is 2. The largest absolute Gasteiger partial charge is 0.573 e. The maximum absolute atomic E-state index is 12.9. The Morgan fingerprint density at radius 1 is 1.11 bits per heavy atom. The van der Waals surface area contributed by atoms with Crippen molar-refractivity contribution in [1.82, 2.24) is 30.8 Å². The van der Waals surface area contributed by atoms with Gasteiger partial charge in [0.05, 0.1) is 18.7 Å². The van der Waals surface area contributed by atoms with E-state index in [9.17, 15) is 13.2 Å². The third-order valence-corrected chi connectivity index (χ3v) is 7.60. The van der Waals surface area contributed by atoms with Crippen LogP contribution in [0.1, 0.15) is 55.0 Å². The topological polar surface area (TPSA) is 86.1 Å². The van der Waals surface area contributed by atoms with Gasteiger partial charge in [-0.25, -0.2) is 0 Å². The van der Waals surface area contributed by atoms with Gasteiger partial charge in [0.15, 0.2) is 5.82 Å². The Bertz CT molecular complexity index is 1250. The standard InChI is InChI=1S/C26H29F3N6O2/c1-35-33-24(32-34-35)20-14-25(17-5-3-2-4-6-17)23(12-10-21(20)31-25)30-15-16-13-19(37-26(27,28)29)9-11-22(16)36-18-7-8-18/h2-6,9,11,13,18,20-21,23,30-31H,7-8,10,12,14-15H2,1H3/t20-,21+,23-,25-/m1/s1. The predicted molar refractivity (Wildman–Crippen MR) is 128 cm³/mol. The van der Waals surface area contributed by atoms with Crippen LogP contribution in [0.4, 0.5) is 13.2 Å². The van der Waals surface area contributed by atoms with E-state index < -0.39 is 6.36 Å². The van der Waals surface area contributed by atoms with E-state index in [4.69, 9.17) is 4.74 Å². The summed E-state index contributed by atoms with van der Waals surface area (Å²) in [5, 5.41) is 20.4. The van der Waals surface area contributed by atoms with E-state index in [1.165, 1.54) is 16.9 Å². The van der Waals surface area contributed by atoms with E-state index in [1.807, 2.05) is 18.2 Å². The second-order valence-corrected chi connectivity index (χ2v) is 10.2. The first-order valence-electron chi connectivity index (χ1n) is 12.6. The molecule has 37 heavy (non-hydrogen) atoms. The van der Waals surface area contributed by atoms with Crippen LogP contribution in [-0.4, -0.2) is 44.8 Å². The maximum atomic E-state index is 12.9. The second-order valence-electron chi connectivity index (χ2n) is 10.2. The molecular weight excluding hydrogens is 485 g/mol. The Morgan fingerprint density at radius 2 is 1.92 bits per heavy atom. The molecule has 3 aliphatic rings. The number of nitrogens with one attached hydrogen (secondary N) is 2. The van der Waals surface area contributed by atoms with Gasteiger partial charge in [0.1, 0.15) is 11.5 Å². The Kier molecular flexibility index (Phi) is 6.07. The molecule has 6 rings (SSSR count). The molecule has 1 aromatic heterocycles. The van der Waals surface area contributed by atoms with Crippen LogP contribution in [0.3, 0.4) is 0 Å². The molecular formula is C26H29F3N6O2. The summed E-state index contributed by atoms with van der Waals surface area (Å²) in [7, 11) is 1.76. The summed E-state index contributed by atoms with van der Waals surface area (Å²) in [6.45, 7) is 0.344. The van der Waals surface area contributed by atoms with Crippen LogP contribution in [0.2, 0.25) is 0 Å². The molecule has 11 heteroatoms. The zero-order chi connectivity index (χ0) is 25.6. The normalized spacial score (nSPS) is 27.3. The van der Waals surface area contributed by atoms with Crippen LogP contribution in [-0.2, 0) is 19.1 Å². The van der Waals surface area contributed by atoms with Gasteiger partial charge in [-0.1, -0.05) is 30.3 Å². The van der Waals surface area contributed by atoms with Crippen molar-refractivity contribution < 1.29 is 22.6 Å². The first-order valence-corrected chi connectivity index (χ1v) is 12.6. The minimum Gasteiger partial charge on any atom is -0.490 e. The molecule has 0 amide bonds. The summed E-state index contributed by atoms with van der Waals surface area (Å²) in [5.74, 6) is 1.18. The van der Waals surface area contributed by atoms with Crippen molar-refractivity contribution in [3.63, 3.8) is 0 Å². The first-order chi connectivity index (χ1) is 17.8. The molecule has 3 aromatic rings. The Hall–Kier alpha value is -3.18. The highest BCUT2D eigenvalue weighted by Crippen LogP contribution is 2.49. The van der Waals surface area contributed by atoms with Crippen LogP contribution in [0.15, 0.2) is 48.5 Å². The average molecular weight is 515 g/mol. The van der Waals surface area contributed by atoms with Crippen LogP contribution in [0.5, 0.6) is 11.5 Å². The number of hydrogen-bond acceptors (Lipinski definition) is 7. The fraction of sp³-hybridized carbons (Fsp3) is 0.500. The van der Waals surface area contributed by atoms with Crippen molar-refractivity contribution in [2.75, 3.05) is 0 Å². The minimum atomic E-state index is -4.75. The van der Waals surface area contributed by atoms with Crippen molar-refractivity contribution in [2.45, 2.75) is 74.7 Å². The molecule has 2 aliphatic heterocycles. The molecule has 8 nitrogen and oxygen atoms in total. The lowest BCUT2D eigenvalue weighted by Crippen LogP contribution is -2.58. The van der Waals surface area contributed by atoms with Crippen molar-refractivity contribution in [3.05, 3.63) is 65.5 Å². The van der Waals surface area contributed by atoms with Gasteiger partial charge in [0.25, 0.3) is 0 Å². The minimum absolute atomic E-state index is 0.0220. The number of nitrogens with zero attached hydrogens (tertiary/aromatic N) is 4. The number of aromatic nitrogens is 4. The lowest BCUT2D eigenvalue weighted by molar-refractivity contribution is -0.274. The fourth-order valence-electron chi connectivity index (χ4n) is 5.83. The van der Waals surface area contributed by atoms with E-state index in [2.05, 4.69) is 42.9 Å². The molecule has 1 aliphatic carbocycles. The molecule has 2 N–H and O–H groups in total. The molecule has 2 aromatic carbocycles. The van der Waals surface area contributed by atoms with Gasteiger partial charge in [-0.2, -0.15) is 4.80 Å². The number of benzene rings is 2. The van der Waals surface area contributed by atoms with Gasteiger partial charge in [-0.3, -0.25) is 0 Å². The van der Waals surface area contributed by atoms with Crippen molar-refractivity contribution in [2.24, 2.45) is 7.05 Å². The van der Waals surface area contributed by atoms with E-state index in [0.717, 1.165) is 43.5 Å². The van der Waals surface area contributed by atoms with Gasteiger partial charge < -0.3 is 20.1 Å². The van der Waals surface area contributed by atoms with Crippen LogP contribution in [0, 0.1) is 0 Å². The highest BCUT2D eigenvalue weighted by atomic mass is 19.4. The summed E-state index contributed by atoms with van der Waals surface area (Å²) in [6, 6.07) is 14.8. The quantitative estimate of drug-likeness (QED) is 0.471. The number of hydrogen-bond donors (Lipinski definition) is 2. The van der Waals surface area contributed by atoms with E-state index in [0.29, 0.717) is 17.9 Å². The number of alkyl halides is 3. The fourth-order valence-corrected chi connectivity index (χ4v) is 5.83. The SMILES string of the molecule is Cn1nnc([C@@H]2C[C@]3(c4ccccc4)N[C@H]2CC[C@H]3NCc2cc(OC(F)(F)F)ccc2OC2CC2)n1. The highest BCUT2D eigenvalue weighted by molar-refractivity contribution is 5.41. The second kappa shape index (κ2) is 9.29. The molecule has 3 heterocycles. The third kappa shape index (κ3) is 5.02. The summed E-state index contributed by atoms with van der Waals surface area (Å²) in [4.78, 5) is 1.49. The van der Waals surface area contributed by atoms with Gasteiger partial charge in [-0.05, 0) is 61.1 Å². The first kappa shape index (κ1) is 24.2. The molecule has 0 radical (unpaired) electrons. The number of aryl methyl sites for hydroxylation is 1. The van der Waals surface area contributed by atoms with E-state index >= 15 is 0 Å². The van der Waals surface area contributed by atoms with Crippen LogP contribution in [0.25, 0.3) is 0 Å². The van der Waals surface area contributed by atoms with Crippen LogP contribution < -0.4 is 20.1 Å². The number of ether oxygens (including phenoxy) is 2. The smallest absolute Gasteiger partial charge is 0.490 e. The monoisotopic (exact) mass is 514 g/mol. The average Bonchev–Trinajstić information content (AvgIpc) is 3.50. The zero-order valence-corrected chi connectivity index (χ0v) is 20.4. The predicted octanol–water partition coefficient (Wildman–Crippen LogP) is 3.94. The lowest BCUT2D eigenvalue weighted by atomic mass is 9.78. The third-order valence-electron chi connectivity index (χ3n) is 7.60. The van der Waals surface area contributed by atoms with Gasteiger partial charge in [-0.15, -0.1) is 23.4 Å². The van der Waals surface area contributed by atoms with Crippen molar-refractivity contribution in [1.29, 1.82) is 0 Å². The van der Waals surface area contributed by atoms with Crippen molar-refractivity contribution in [3.8, 4) is 11.5 Å². The van der Waals surface area contributed by atoms with E-state index in [1.54, 1.807) is 13.1 Å². The number of piperidine rings is 1. The Balaban J connectivity index is 1.28. The molecule has 0 unspecified atom stereocenters. The van der Waals surface area contributed by atoms with Gasteiger partial charge >= 0.3 is 6.36 Å². The summed E-state index contributed by atoms with van der Waals surface area (Å²) in [6.07, 6.45) is -0.133. The molecule has 4 atom stereocenters. The summed E-state index contributed by atoms with van der Waals surface area (Å²) < 4.78 is 48.9. The lowest BCUT2D eigenvalue weighted by Gasteiger charge is -2.43. The highest BCUT2D eigenvalue weighted by Gasteiger charge is 2.54. The number of halogens is 3.